The van der Waals surface area contributed by atoms with Gasteiger partial charge in [-0.15, -0.1) is 0 Å². The molecule has 0 bridgehead atoms. The first-order chi connectivity index (χ1) is 8.70. The molecule has 1 aromatic heterocycles. The lowest BCUT2D eigenvalue weighted by Gasteiger charge is -2.23. The fraction of sp³-hybridized carbons (Fsp3) is 0.429. The Kier molecular flexibility index (Phi) is 2.67. The maximum absolute atomic E-state index is 6.54. The molecule has 4 heteroatoms. The van der Waals surface area contributed by atoms with E-state index in [2.05, 4.69) is 41.3 Å². The highest BCUT2D eigenvalue weighted by Gasteiger charge is 2.34. The molecule has 0 saturated heterocycles. The Labute approximate surface area is 107 Å². The van der Waals surface area contributed by atoms with Crippen LogP contribution in [0.5, 0.6) is 0 Å². The molecule has 1 aliphatic carbocycles. The number of fused-ring (bicyclic) bond motifs is 1. The Hall–Kier alpha value is -1.68. The summed E-state index contributed by atoms with van der Waals surface area (Å²) in [5.41, 5.74) is 9.09. The van der Waals surface area contributed by atoms with E-state index in [4.69, 9.17) is 5.73 Å². The van der Waals surface area contributed by atoms with Crippen molar-refractivity contribution in [3.05, 3.63) is 47.5 Å². The number of benzene rings is 1. The van der Waals surface area contributed by atoms with Gasteiger partial charge >= 0.3 is 0 Å². The van der Waals surface area contributed by atoms with Crippen LogP contribution in [0.3, 0.4) is 0 Å². The highest BCUT2D eigenvalue weighted by molar-refractivity contribution is 5.36. The van der Waals surface area contributed by atoms with E-state index in [0.29, 0.717) is 0 Å². The van der Waals surface area contributed by atoms with Crippen molar-refractivity contribution >= 4 is 0 Å². The minimum Gasteiger partial charge on any atom is -0.324 e. The van der Waals surface area contributed by atoms with E-state index in [0.717, 1.165) is 31.6 Å². The van der Waals surface area contributed by atoms with E-state index in [1.807, 2.05) is 4.68 Å². The predicted molar refractivity (Wildman–Crippen MR) is 70.2 cm³/mol. The van der Waals surface area contributed by atoms with E-state index >= 15 is 0 Å². The van der Waals surface area contributed by atoms with Crippen LogP contribution in [0.25, 0.3) is 0 Å². The van der Waals surface area contributed by atoms with Crippen LogP contribution in [-0.2, 0) is 25.8 Å². The normalized spacial score (nSPS) is 16.8. The zero-order valence-electron chi connectivity index (χ0n) is 10.6. The Morgan fingerprint density at radius 2 is 1.94 bits per heavy atom. The van der Waals surface area contributed by atoms with Crippen molar-refractivity contribution in [3.8, 4) is 0 Å². The minimum atomic E-state index is -0.205. The van der Waals surface area contributed by atoms with Gasteiger partial charge in [-0.25, -0.2) is 4.98 Å². The van der Waals surface area contributed by atoms with Gasteiger partial charge in [0.25, 0.3) is 0 Å². The van der Waals surface area contributed by atoms with Gasteiger partial charge < -0.3 is 5.73 Å². The van der Waals surface area contributed by atoms with Crippen LogP contribution in [-0.4, -0.2) is 20.3 Å². The van der Waals surface area contributed by atoms with Crippen LogP contribution in [0.15, 0.2) is 30.6 Å². The number of aryl methyl sites for hydroxylation is 1. The highest BCUT2D eigenvalue weighted by atomic mass is 15.3. The van der Waals surface area contributed by atoms with E-state index in [1.54, 1.807) is 6.33 Å². The summed E-state index contributed by atoms with van der Waals surface area (Å²) in [7, 11) is 0. The molecule has 1 aliphatic rings. The van der Waals surface area contributed by atoms with Crippen molar-refractivity contribution < 1.29 is 0 Å². The monoisotopic (exact) mass is 242 g/mol. The van der Waals surface area contributed by atoms with Crippen molar-refractivity contribution in [2.45, 2.75) is 38.3 Å². The largest absolute Gasteiger partial charge is 0.324 e. The Morgan fingerprint density at radius 3 is 2.56 bits per heavy atom. The molecule has 0 aliphatic heterocycles. The Balaban J connectivity index is 1.83. The zero-order chi connectivity index (χ0) is 12.6. The smallest absolute Gasteiger partial charge is 0.138 e. The third kappa shape index (κ3) is 1.93. The SMILES string of the molecule is CCn1ncnc1CC1(N)Cc2ccccc2C1. The molecule has 4 nitrogen and oxygen atoms in total. The maximum Gasteiger partial charge on any atom is 0.138 e. The lowest BCUT2D eigenvalue weighted by molar-refractivity contribution is 0.422. The second-order valence-electron chi connectivity index (χ2n) is 5.15. The second-order valence-corrected chi connectivity index (χ2v) is 5.15. The van der Waals surface area contributed by atoms with Crippen LogP contribution >= 0.6 is 0 Å². The van der Waals surface area contributed by atoms with Crippen molar-refractivity contribution in [1.82, 2.24) is 14.8 Å². The fourth-order valence-corrected chi connectivity index (χ4v) is 2.85. The van der Waals surface area contributed by atoms with Gasteiger partial charge in [-0.2, -0.15) is 5.10 Å². The first-order valence-electron chi connectivity index (χ1n) is 6.42. The van der Waals surface area contributed by atoms with E-state index in [1.165, 1.54) is 11.1 Å². The first kappa shape index (κ1) is 11.4. The molecule has 18 heavy (non-hydrogen) atoms. The van der Waals surface area contributed by atoms with Crippen molar-refractivity contribution in [3.63, 3.8) is 0 Å². The predicted octanol–water partition coefficient (Wildman–Crippen LogP) is 1.34. The number of nitrogens with zero attached hydrogens (tertiary/aromatic N) is 3. The summed E-state index contributed by atoms with van der Waals surface area (Å²) in [5.74, 6) is 0.993. The van der Waals surface area contributed by atoms with E-state index in [-0.39, 0.29) is 5.54 Å². The third-order valence-corrected chi connectivity index (χ3v) is 3.71. The molecular weight excluding hydrogens is 224 g/mol. The van der Waals surface area contributed by atoms with Crippen molar-refractivity contribution in [1.29, 1.82) is 0 Å². The molecule has 0 amide bonds. The molecule has 0 unspecified atom stereocenters. The Morgan fingerprint density at radius 1 is 1.28 bits per heavy atom. The third-order valence-electron chi connectivity index (χ3n) is 3.71. The number of hydrogen-bond acceptors (Lipinski definition) is 3. The summed E-state index contributed by atoms with van der Waals surface area (Å²) in [6.45, 7) is 2.92. The summed E-state index contributed by atoms with van der Waals surface area (Å²) in [5, 5.41) is 4.21. The van der Waals surface area contributed by atoms with Gasteiger partial charge in [-0.3, -0.25) is 4.68 Å². The van der Waals surface area contributed by atoms with Gasteiger partial charge in [0.1, 0.15) is 12.2 Å². The zero-order valence-corrected chi connectivity index (χ0v) is 10.6. The lowest BCUT2D eigenvalue weighted by Crippen LogP contribution is -2.43. The van der Waals surface area contributed by atoms with Crippen LogP contribution in [0, 0.1) is 0 Å². The molecule has 1 aromatic carbocycles. The second kappa shape index (κ2) is 4.21. The van der Waals surface area contributed by atoms with Crippen LogP contribution < -0.4 is 5.73 Å². The topological polar surface area (TPSA) is 56.7 Å². The minimum absolute atomic E-state index is 0.205. The summed E-state index contributed by atoms with van der Waals surface area (Å²) in [4.78, 5) is 4.33. The molecule has 94 valence electrons. The molecule has 0 radical (unpaired) electrons. The summed E-state index contributed by atoms with van der Waals surface area (Å²) in [6.07, 6.45) is 4.26. The number of rotatable bonds is 3. The maximum atomic E-state index is 6.54. The molecule has 3 rings (SSSR count). The highest BCUT2D eigenvalue weighted by Crippen LogP contribution is 2.30. The van der Waals surface area contributed by atoms with Crippen LogP contribution in [0.2, 0.25) is 0 Å². The van der Waals surface area contributed by atoms with Crippen LogP contribution in [0.1, 0.15) is 23.9 Å². The number of nitrogens with two attached hydrogens (primary N) is 1. The van der Waals surface area contributed by atoms with Gasteiger partial charge in [-0.1, -0.05) is 24.3 Å². The molecule has 0 spiro atoms. The lowest BCUT2D eigenvalue weighted by atomic mass is 9.92. The average molecular weight is 242 g/mol. The van der Waals surface area contributed by atoms with E-state index < -0.39 is 0 Å². The van der Waals surface area contributed by atoms with Gasteiger partial charge in [0.2, 0.25) is 0 Å². The molecular formula is C14H18N4. The van der Waals surface area contributed by atoms with Gasteiger partial charge in [0.15, 0.2) is 0 Å². The van der Waals surface area contributed by atoms with Crippen molar-refractivity contribution in [2.24, 2.45) is 5.73 Å². The number of hydrogen-bond donors (Lipinski definition) is 1. The van der Waals surface area contributed by atoms with Crippen molar-refractivity contribution in [2.75, 3.05) is 0 Å². The summed E-state index contributed by atoms with van der Waals surface area (Å²) >= 11 is 0. The quantitative estimate of drug-likeness (QED) is 0.883. The number of aromatic nitrogens is 3. The Bertz CT molecular complexity index is 533. The average Bonchev–Trinajstić information content (AvgIpc) is 2.91. The summed E-state index contributed by atoms with van der Waals surface area (Å²) < 4.78 is 1.93. The van der Waals surface area contributed by atoms with Gasteiger partial charge in [-0.05, 0) is 30.9 Å². The fourth-order valence-electron chi connectivity index (χ4n) is 2.85. The van der Waals surface area contributed by atoms with Gasteiger partial charge in [0, 0.05) is 18.5 Å². The molecule has 1 heterocycles. The van der Waals surface area contributed by atoms with Crippen LogP contribution in [0.4, 0.5) is 0 Å². The molecule has 0 saturated carbocycles. The standard InChI is InChI=1S/C14H18N4/c1-2-18-13(16-10-17-18)9-14(15)7-11-5-3-4-6-12(11)8-14/h3-6,10H,2,7-9,15H2,1H3. The summed E-state index contributed by atoms with van der Waals surface area (Å²) in [6, 6.07) is 8.52. The molecule has 2 N–H and O–H groups in total. The molecule has 2 aromatic rings. The molecule has 0 fully saturated rings. The van der Waals surface area contributed by atoms with E-state index in [9.17, 15) is 0 Å². The van der Waals surface area contributed by atoms with Gasteiger partial charge in [0.05, 0.1) is 0 Å². The first-order valence-corrected chi connectivity index (χ1v) is 6.42. The molecule has 0 atom stereocenters.